The fourth-order valence-corrected chi connectivity index (χ4v) is 3.49. The van der Waals surface area contributed by atoms with Crippen LogP contribution in [0.3, 0.4) is 0 Å². The lowest BCUT2D eigenvalue weighted by Crippen LogP contribution is -2.43. The van der Waals surface area contributed by atoms with Crippen LogP contribution in [0.5, 0.6) is 0 Å². The summed E-state index contributed by atoms with van der Waals surface area (Å²) in [6.07, 6.45) is 0. The third-order valence-electron chi connectivity index (χ3n) is 4.91. The molecule has 1 aliphatic heterocycles. The third-order valence-corrected chi connectivity index (χ3v) is 4.91. The van der Waals surface area contributed by atoms with Crippen LogP contribution in [-0.2, 0) is 11.8 Å². The molecule has 1 N–H and O–H groups in total. The van der Waals surface area contributed by atoms with Gasteiger partial charge in [-0.15, -0.1) is 0 Å². The van der Waals surface area contributed by atoms with Crippen LogP contribution in [0.25, 0.3) is 0 Å². The normalized spacial score (nSPS) is 16.8. The number of nitrogens with zero attached hydrogens (tertiary/aromatic N) is 4. The second kappa shape index (κ2) is 7.39. The van der Waals surface area contributed by atoms with E-state index in [1.807, 2.05) is 13.8 Å². The second-order valence-corrected chi connectivity index (χ2v) is 6.63. The monoisotopic (exact) mass is 388 g/mol. The molecule has 10 nitrogen and oxygen atoms in total. The molecule has 1 saturated heterocycles. The Kier molecular flexibility index (Phi) is 5.14. The molecule has 0 saturated carbocycles. The smallest absolute Gasteiger partial charge is 0.335 e. The molecular formula is C18H20N4O6. The van der Waals surface area contributed by atoms with Crippen LogP contribution in [0.2, 0.25) is 0 Å². The van der Waals surface area contributed by atoms with E-state index < -0.39 is 28.5 Å². The summed E-state index contributed by atoms with van der Waals surface area (Å²) < 4.78 is 7.28. The summed E-state index contributed by atoms with van der Waals surface area (Å²) in [4.78, 5) is 36.5. The summed E-state index contributed by atoms with van der Waals surface area (Å²) >= 11 is 0. The van der Waals surface area contributed by atoms with Gasteiger partial charge in [-0.2, -0.15) is 5.10 Å². The molecule has 1 amide bonds. The molecule has 0 radical (unpaired) electrons. The van der Waals surface area contributed by atoms with Crippen LogP contribution in [0, 0.1) is 24.0 Å². The largest absolute Gasteiger partial charge is 0.478 e. The quantitative estimate of drug-likeness (QED) is 0.625. The van der Waals surface area contributed by atoms with Crippen molar-refractivity contribution in [2.24, 2.45) is 7.05 Å². The molecule has 2 heterocycles. The molecule has 1 aromatic carbocycles. The second-order valence-electron chi connectivity index (χ2n) is 6.63. The van der Waals surface area contributed by atoms with Crippen LogP contribution in [0.4, 0.5) is 5.69 Å². The van der Waals surface area contributed by atoms with E-state index in [-0.39, 0.29) is 24.3 Å². The van der Waals surface area contributed by atoms with Gasteiger partial charge in [0, 0.05) is 42.5 Å². The number of nitro benzene ring substituents is 1. The highest BCUT2D eigenvalue weighted by atomic mass is 16.6. The van der Waals surface area contributed by atoms with Gasteiger partial charge in [-0.05, 0) is 19.9 Å². The van der Waals surface area contributed by atoms with Crippen molar-refractivity contribution < 1.29 is 24.4 Å². The number of amides is 1. The molecule has 1 aromatic heterocycles. The Balaban J connectivity index is 2.04. The number of rotatable bonds is 4. The zero-order chi connectivity index (χ0) is 20.6. The topological polar surface area (TPSA) is 128 Å². The van der Waals surface area contributed by atoms with Crippen molar-refractivity contribution in [2.45, 2.75) is 19.9 Å². The van der Waals surface area contributed by atoms with Gasteiger partial charge in [-0.3, -0.25) is 19.6 Å². The third kappa shape index (κ3) is 3.46. The van der Waals surface area contributed by atoms with Gasteiger partial charge in [-0.1, -0.05) is 0 Å². The van der Waals surface area contributed by atoms with Crippen molar-refractivity contribution in [3.05, 3.63) is 56.4 Å². The number of nitro groups is 1. The Labute approximate surface area is 160 Å². The number of morpholine rings is 1. The van der Waals surface area contributed by atoms with Crippen LogP contribution in [-0.4, -0.2) is 56.3 Å². The average molecular weight is 388 g/mol. The first-order valence-electron chi connectivity index (χ1n) is 8.62. The minimum atomic E-state index is -1.34. The van der Waals surface area contributed by atoms with Crippen LogP contribution in [0.15, 0.2) is 18.2 Å². The van der Waals surface area contributed by atoms with Gasteiger partial charge in [0.25, 0.3) is 11.6 Å². The first-order chi connectivity index (χ1) is 13.2. The molecule has 0 spiro atoms. The Morgan fingerprint density at radius 3 is 2.54 bits per heavy atom. The molecule has 1 fully saturated rings. The lowest BCUT2D eigenvalue weighted by Gasteiger charge is -2.36. The van der Waals surface area contributed by atoms with E-state index in [2.05, 4.69) is 5.10 Å². The summed E-state index contributed by atoms with van der Waals surface area (Å²) in [7, 11) is 1.81. The maximum atomic E-state index is 13.2. The summed E-state index contributed by atoms with van der Waals surface area (Å²) in [5.74, 6) is -1.82. The van der Waals surface area contributed by atoms with Crippen molar-refractivity contribution in [3.8, 4) is 0 Å². The first kappa shape index (κ1) is 19.5. The van der Waals surface area contributed by atoms with Crippen LogP contribution in [0.1, 0.15) is 43.7 Å². The van der Waals surface area contributed by atoms with Crippen molar-refractivity contribution in [2.75, 3.05) is 19.8 Å². The lowest BCUT2D eigenvalue weighted by molar-refractivity contribution is -0.384. The number of hydrogen-bond acceptors (Lipinski definition) is 6. The van der Waals surface area contributed by atoms with Crippen molar-refractivity contribution in [3.63, 3.8) is 0 Å². The molecule has 1 aliphatic rings. The number of aryl methyl sites for hydroxylation is 2. The number of aromatic nitrogens is 2. The molecular weight excluding hydrogens is 368 g/mol. The molecule has 28 heavy (non-hydrogen) atoms. The van der Waals surface area contributed by atoms with E-state index in [0.717, 1.165) is 35.2 Å². The number of hydrogen-bond donors (Lipinski definition) is 1. The molecule has 1 atom stereocenters. The van der Waals surface area contributed by atoms with Crippen LogP contribution >= 0.6 is 0 Å². The van der Waals surface area contributed by atoms with E-state index in [0.29, 0.717) is 6.61 Å². The van der Waals surface area contributed by atoms with Gasteiger partial charge < -0.3 is 14.7 Å². The maximum absolute atomic E-state index is 13.2. The Morgan fingerprint density at radius 2 is 1.96 bits per heavy atom. The van der Waals surface area contributed by atoms with Gasteiger partial charge in [0.2, 0.25) is 0 Å². The number of ether oxygens (including phenoxy) is 1. The molecule has 148 valence electrons. The predicted octanol–water partition coefficient (Wildman–Crippen LogP) is 1.86. The molecule has 10 heteroatoms. The van der Waals surface area contributed by atoms with Gasteiger partial charge in [0.15, 0.2) is 0 Å². The van der Waals surface area contributed by atoms with E-state index in [1.165, 1.54) is 0 Å². The highest BCUT2D eigenvalue weighted by Crippen LogP contribution is 2.31. The Hall–Kier alpha value is -3.27. The fourth-order valence-electron chi connectivity index (χ4n) is 3.49. The average Bonchev–Trinajstić information content (AvgIpc) is 2.92. The highest BCUT2D eigenvalue weighted by Gasteiger charge is 2.33. The SMILES string of the molecule is Cc1nn(C)c(C)c1C1COCCN1C(=O)c1cc(C(=O)O)cc([N+](=O)[O-])c1. The van der Waals surface area contributed by atoms with Gasteiger partial charge >= 0.3 is 5.97 Å². The summed E-state index contributed by atoms with van der Waals surface area (Å²) in [6, 6.07) is 2.78. The number of carboxylic acids is 1. The number of carbonyl (C=O) groups is 2. The summed E-state index contributed by atoms with van der Waals surface area (Å²) in [5, 5.41) is 24.8. The molecule has 0 bridgehead atoms. The minimum absolute atomic E-state index is 0.0438. The number of carbonyl (C=O) groups excluding carboxylic acids is 1. The molecule has 0 aliphatic carbocycles. The Bertz CT molecular complexity index is 935. The van der Waals surface area contributed by atoms with Crippen LogP contribution < -0.4 is 0 Å². The van der Waals surface area contributed by atoms with E-state index in [4.69, 9.17) is 4.74 Å². The Morgan fingerprint density at radius 1 is 1.29 bits per heavy atom. The van der Waals surface area contributed by atoms with E-state index in [1.54, 1.807) is 16.6 Å². The molecule has 2 aromatic rings. The highest BCUT2D eigenvalue weighted by molar-refractivity contribution is 5.98. The van der Waals surface area contributed by atoms with Gasteiger partial charge in [-0.25, -0.2) is 4.79 Å². The van der Waals surface area contributed by atoms with E-state index in [9.17, 15) is 24.8 Å². The molecule has 3 rings (SSSR count). The first-order valence-corrected chi connectivity index (χ1v) is 8.62. The van der Waals surface area contributed by atoms with Gasteiger partial charge in [0.1, 0.15) is 0 Å². The maximum Gasteiger partial charge on any atom is 0.335 e. The number of carboxylic acid groups (broad SMARTS) is 1. The number of benzene rings is 1. The van der Waals surface area contributed by atoms with E-state index >= 15 is 0 Å². The fraction of sp³-hybridized carbons (Fsp3) is 0.389. The summed E-state index contributed by atoms with van der Waals surface area (Å²) in [5.41, 5.74) is 1.71. The van der Waals surface area contributed by atoms with Gasteiger partial charge in [0.05, 0.1) is 35.4 Å². The van der Waals surface area contributed by atoms with Crippen molar-refractivity contribution in [1.29, 1.82) is 0 Å². The van der Waals surface area contributed by atoms with Crippen molar-refractivity contribution >= 4 is 17.6 Å². The number of non-ortho nitro benzene ring substituents is 1. The zero-order valence-corrected chi connectivity index (χ0v) is 15.7. The minimum Gasteiger partial charge on any atom is -0.478 e. The summed E-state index contributed by atoms with van der Waals surface area (Å²) in [6.45, 7) is 4.60. The predicted molar refractivity (Wildman–Crippen MR) is 97.3 cm³/mol. The standard InChI is InChI=1S/C18H20N4O6/c1-10-16(11(2)20(3)19-10)15-9-28-5-4-21(15)17(23)12-6-13(18(24)25)8-14(7-12)22(26)27/h6-8,15H,4-5,9H2,1-3H3,(H,24,25). The lowest BCUT2D eigenvalue weighted by atomic mass is 10.0. The number of aromatic carboxylic acids is 1. The molecule has 1 unspecified atom stereocenters. The zero-order valence-electron chi connectivity index (χ0n) is 15.7. The van der Waals surface area contributed by atoms with Crippen molar-refractivity contribution in [1.82, 2.24) is 14.7 Å².